The Hall–Kier alpha value is -3.68. The minimum atomic E-state index is -0.945. The molecule has 0 spiro atoms. The quantitative estimate of drug-likeness (QED) is 0.362. The second-order valence-electron chi connectivity index (χ2n) is 8.45. The van der Waals surface area contributed by atoms with Crippen LogP contribution in [-0.2, 0) is 14.4 Å². The summed E-state index contributed by atoms with van der Waals surface area (Å²) in [4.78, 5) is 53.7. The highest BCUT2D eigenvalue weighted by Gasteiger charge is 2.48. The van der Waals surface area contributed by atoms with Crippen LogP contribution in [0.15, 0.2) is 48.5 Å². The summed E-state index contributed by atoms with van der Waals surface area (Å²) in [6, 6.07) is 11.9. The van der Waals surface area contributed by atoms with Crippen LogP contribution in [-0.4, -0.2) is 47.3 Å². The molecule has 2 aromatic rings. The lowest BCUT2D eigenvalue weighted by molar-refractivity contribution is -0.132. The van der Waals surface area contributed by atoms with Crippen molar-refractivity contribution in [3.05, 3.63) is 54.1 Å². The van der Waals surface area contributed by atoms with E-state index in [0.717, 1.165) is 4.90 Å². The van der Waals surface area contributed by atoms with Gasteiger partial charge in [0, 0.05) is 18.0 Å². The molecular formula is C25H28N2O6. The van der Waals surface area contributed by atoms with E-state index in [4.69, 9.17) is 9.47 Å². The van der Waals surface area contributed by atoms with Gasteiger partial charge in [0.25, 0.3) is 11.8 Å². The van der Waals surface area contributed by atoms with Gasteiger partial charge in [0.1, 0.15) is 17.5 Å². The predicted octanol–water partition coefficient (Wildman–Crippen LogP) is 3.58. The Bertz CT molecular complexity index is 1080. The van der Waals surface area contributed by atoms with Crippen molar-refractivity contribution in [2.75, 3.05) is 12.0 Å². The van der Waals surface area contributed by atoms with Crippen LogP contribution in [0.25, 0.3) is 0 Å². The molecule has 2 aromatic carbocycles. The molecule has 8 heteroatoms. The van der Waals surface area contributed by atoms with Crippen molar-refractivity contribution in [1.29, 1.82) is 0 Å². The van der Waals surface area contributed by atoms with Crippen molar-refractivity contribution >= 4 is 29.4 Å². The summed E-state index contributed by atoms with van der Waals surface area (Å²) in [7, 11) is 1.51. The first-order chi connectivity index (χ1) is 15.6. The molecule has 0 saturated carbocycles. The number of carbonyl (C=O) groups excluding carboxylic acids is 4. The van der Waals surface area contributed by atoms with Crippen LogP contribution >= 0.6 is 0 Å². The lowest BCUT2D eigenvalue weighted by Gasteiger charge is -2.41. The number of hydrogen-bond donors (Lipinski definition) is 0. The molecular weight excluding hydrogens is 424 g/mol. The van der Waals surface area contributed by atoms with E-state index < -0.39 is 29.4 Å². The normalized spacial score (nSPS) is 16.0. The smallest absolute Gasteiger partial charge is 0.308 e. The number of hydrogen-bond acceptors (Lipinski definition) is 6. The largest absolute Gasteiger partial charge is 0.497 e. The van der Waals surface area contributed by atoms with Gasteiger partial charge in [-0.1, -0.05) is 13.0 Å². The molecule has 1 atom stereocenters. The maximum Gasteiger partial charge on any atom is 0.308 e. The summed E-state index contributed by atoms with van der Waals surface area (Å²) < 4.78 is 10.3. The van der Waals surface area contributed by atoms with Crippen LogP contribution in [0.2, 0.25) is 0 Å². The number of imide groups is 1. The lowest BCUT2D eigenvalue weighted by Crippen LogP contribution is -2.55. The van der Waals surface area contributed by atoms with Crippen molar-refractivity contribution in [2.45, 2.75) is 52.1 Å². The van der Waals surface area contributed by atoms with Crippen molar-refractivity contribution in [1.82, 2.24) is 4.90 Å². The monoisotopic (exact) mass is 452 g/mol. The fourth-order valence-corrected chi connectivity index (χ4v) is 3.82. The first kappa shape index (κ1) is 24.0. The molecule has 1 unspecified atom stereocenters. The highest BCUT2D eigenvalue weighted by atomic mass is 16.5. The molecule has 0 aliphatic carbocycles. The van der Waals surface area contributed by atoms with Gasteiger partial charge in [-0.15, -0.1) is 0 Å². The molecule has 1 heterocycles. The molecule has 3 amide bonds. The Kier molecular flexibility index (Phi) is 6.86. The van der Waals surface area contributed by atoms with Gasteiger partial charge in [0.05, 0.1) is 19.2 Å². The van der Waals surface area contributed by atoms with E-state index >= 15 is 0 Å². The van der Waals surface area contributed by atoms with E-state index in [1.54, 1.807) is 24.3 Å². The third-order valence-electron chi connectivity index (χ3n) is 5.84. The average Bonchev–Trinajstić information content (AvgIpc) is 3.07. The van der Waals surface area contributed by atoms with Gasteiger partial charge in [0.15, 0.2) is 0 Å². The Labute approximate surface area is 193 Å². The lowest BCUT2D eigenvalue weighted by atomic mass is 9.94. The fraction of sp³-hybridized carbons (Fsp3) is 0.360. The SMILES string of the molecule is CCC(C)(C)N(C(=O)c1cccc(OC)c1)C1CC(=O)N(c2ccc(OC(C)=O)cc2)C1=O. The van der Waals surface area contributed by atoms with E-state index in [0.29, 0.717) is 29.2 Å². The second-order valence-corrected chi connectivity index (χ2v) is 8.45. The fourth-order valence-electron chi connectivity index (χ4n) is 3.82. The molecule has 1 aliphatic heterocycles. The van der Waals surface area contributed by atoms with E-state index in [2.05, 4.69) is 0 Å². The number of anilines is 1. The highest BCUT2D eigenvalue weighted by molar-refractivity contribution is 6.23. The second kappa shape index (κ2) is 9.44. The van der Waals surface area contributed by atoms with Gasteiger partial charge < -0.3 is 14.4 Å². The number of amides is 3. The molecule has 3 rings (SSSR count). The number of benzene rings is 2. The summed E-state index contributed by atoms with van der Waals surface area (Å²) in [6.45, 7) is 6.97. The van der Waals surface area contributed by atoms with E-state index in [9.17, 15) is 19.2 Å². The summed E-state index contributed by atoms with van der Waals surface area (Å²) >= 11 is 0. The number of rotatable bonds is 7. The average molecular weight is 453 g/mol. The van der Waals surface area contributed by atoms with Crippen molar-refractivity contribution in [3.8, 4) is 11.5 Å². The molecule has 0 radical (unpaired) electrons. The minimum Gasteiger partial charge on any atom is -0.497 e. The molecule has 1 fully saturated rings. The summed E-state index contributed by atoms with van der Waals surface area (Å²) in [5.74, 6) is -0.857. The standard InChI is InChI=1S/C25H28N2O6/c1-6-25(3,4)27(23(30)17-8-7-9-20(14-17)32-5)21-15-22(29)26(24(21)31)18-10-12-19(13-11-18)33-16(2)28/h7-14,21H,6,15H2,1-5H3. The van der Waals surface area contributed by atoms with Gasteiger partial charge in [0.2, 0.25) is 5.91 Å². The van der Waals surface area contributed by atoms with Crippen LogP contribution in [0.5, 0.6) is 11.5 Å². The molecule has 1 aliphatic rings. The zero-order valence-corrected chi connectivity index (χ0v) is 19.5. The third-order valence-corrected chi connectivity index (χ3v) is 5.84. The summed E-state index contributed by atoms with van der Waals surface area (Å²) in [6.07, 6.45) is 0.460. The Morgan fingerprint density at radius 1 is 1.09 bits per heavy atom. The molecule has 174 valence electrons. The van der Waals surface area contributed by atoms with E-state index in [1.807, 2.05) is 20.8 Å². The predicted molar refractivity (Wildman–Crippen MR) is 122 cm³/mol. The molecule has 0 N–H and O–H groups in total. The minimum absolute atomic E-state index is 0.121. The highest BCUT2D eigenvalue weighted by Crippen LogP contribution is 2.33. The van der Waals surface area contributed by atoms with Gasteiger partial charge in [-0.2, -0.15) is 0 Å². The van der Waals surface area contributed by atoms with Crippen LogP contribution in [0.3, 0.4) is 0 Å². The van der Waals surface area contributed by atoms with Gasteiger partial charge in [-0.3, -0.25) is 19.2 Å². The number of esters is 1. The van der Waals surface area contributed by atoms with Gasteiger partial charge >= 0.3 is 5.97 Å². The molecule has 1 saturated heterocycles. The first-order valence-electron chi connectivity index (χ1n) is 10.7. The van der Waals surface area contributed by atoms with E-state index in [-0.39, 0.29) is 12.3 Å². The number of ether oxygens (including phenoxy) is 2. The van der Waals surface area contributed by atoms with Gasteiger partial charge in [-0.05, 0) is 62.7 Å². The maximum atomic E-state index is 13.6. The Morgan fingerprint density at radius 3 is 2.33 bits per heavy atom. The number of methoxy groups -OCH3 is 1. The van der Waals surface area contributed by atoms with Crippen LogP contribution < -0.4 is 14.4 Å². The van der Waals surface area contributed by atoms with Gasteiger partial charge in [-0.25, -0.2) is 4.90 Å². The third kappa shape index (κ3) is 4.89. The summed E-state index contributed by atoms with van der Waals surface area (Å²) in [5.41, 5.74) is 0.0440. The molecule has 0 aromatic heterocycles. The van der Waals surface area contributed by atoms with Crippen molar-refractivity contribution in [2.24, 2.45) is 0 Å². The van der Waals surface area contributed by atoms with Crippen LogP contribution in [0.1, 0.15) is 50.9 Å². The van der Waals surface area contributed by atoms with Crippen LogP contribution in [0.4, 0.5) is 5.69 Å². The molecule has 0 bridgehead atoms. The zero-order chi connectivity index (χ0) is 24.3. The summed E-state index contributed by atoms with van der Waals surface area (Å²) in [5, 5.41) is 0. The molecule has 33 heavy (non-hydrogen) atoms. The van der Waals surface area contributed by atoms with Crippen molar-refractivity contribution in [3.63, 3.8) is 0 Å². The first-order valence-corrected chi connectivity index (χ1v) is 10.7. The topological polar surface area (TPSA) is 93.2 Å². The number of nitrogens with zero attached hydrogens (tertiary/aromatic N) is 2. The number of carbonyl (C=O) groups is 4. The van der Waals surface area contributed by atoms with Crippen LogP contribution in [0, 0.1) is 0 Å². The molecule has 8 nitrogen and oxygen atoms in total. The zero-order valence-electron chi connectivity index (χ0n) is 19.5. The Morgan fingerprint density at radius 2 is 1.76 bits per heavy atom. The maximum absolute atomic E-state index is 13.6. The van der Waals surface area contributed by atoms with E-state index in [1.165, 1.54) is 43.2 Å². The Balaban J connectivity index is 1.95. The van der Waals surface area contributed by atoms with Crippen molar-refractivity contribution < 1.29 is 28.7 Å².